The van der Waals surface area contributed by atoms with Crippen LogP contribution in [0.25, 0.3) is 0 Å². The quantitative estimate of drug-likeness (QED) is 0.502. The van der Waals surface area contributed by atoms with E-state index >= 15 is 0 Å². The lowest BCUT2D eigenvalue weighted by Crippen LogP contribution is -2.17. The van der Waals surface area contributed by atoms with Gasteiger partial charge in [-0.25, -0.2) is 13.2 Å². The van der Waals surface area contributed by atoms with Crippen molar-refractivity contribution in [1.29, 1.82) is 0 Å². The molecule has 0 heterocycles. The molecular formula is C23H21ClN2O5S. The van der Waals surface area contributed by atoms with E-state index in [9.17, 15) is 18.0 Å². The molecule has 0 unspecified atom stereocenters. The Kier molecular flexibility index (Phi) is 6.86. The van der Waals surface area contributed by atoms with Gasteiger partial charge in [-0.3, -0.25) is 9.52 Å². The van der Waals surface area contributed by atoms with Crippen LogP contribution >= 0.6 is 11.6 Å². The van der Waals surface area contributed by atoms with E-state index in [0.717, 1.165) is 5.56 Å². The highest BCUT2D eigenvalue weighted by atomic mass is 35.5. The van der Waals surface area contributed by atoms with E-state index in [1.54, 1.807) is 31.2 Å². The Bertz CT molecular complexity index is 1310. The Morgan fingerprint density at radius 2 is 1.66 bits per heavy atom. The molecule has 3 aromatic rings. The van der Waals surface area contributed by atoms with Crippen molar-refractivity contribution in [2.24, 2.45) is 0 Å². The molecule has 3 rings (SSSR count). The summed E-state index contributed by atoms with van der Waals surface area (Å²) in [7, 11) is -2.69. The molecule has 0 fully saturated rings. The third-order valence-corrected chi connectivity index (χ3v) is 6.50. The predicted molar refractivity (Wildman–Crippen MR) is 124 cm³/mol. The number of hydrogen-bond acceptors (Lipinski definition) is 5. The van der Waals surface area contributed by atoms with Crippen molar-refractivity contribution in [3.8, 4) is 0 Å². The van der Waals surface area contributed by atoms with Gasteiger partial charge >= 0.3 is 5.97 Å². The van der Waals surface area contributed by atoms with Crippen molar-refractivity contribution in [3.05, 3.63) is 87.9 Å². The number of sulfonamides is 1. The lowest BCUT2D eigenvalue weighted by molar-refractivity contribution is 0.0600. The number of halogens is 1. The van der Waals surface area contributed by atoms with Crippen molar-refractivity contribution in [2.75, 3.05) is 17.1 Å². The van der Waals surface area contributed by atoms with Crippen LogP contribution in [0.2, 0.25) is 5.02 Å². The van der Waals surface area contributed by atoms with Gasteiger partial charge in [0.2, 0.25) is 0 Å². The number of nitrogens with one attached hydrogen (secondary N) is 2. The standard InChI is InChI=1S/C23H21ClN2O5S/c1-14-5-4-6-18(11-14)26-32(29,30)21-13-16(8-7-15(21)2)22(27)25-20-12-17(23(28)31-3)9-10-19(20)24/h4-13,26H,1-3H3,(H,25,27). The van der Waals surface area contributed by atoms with E-state index in [4.69, 9.17) is 11.6 Å². The van der Waals surface area contributed by atoms with Gasteiger partial charge in [0.25, 0.3) is 15.9 Å². The zero-order chi connectivity index (χ0) is 23.5. The van der Waals surface area contributed by atoms with Gasteiger partial charge in [0, 0.05) is 11.3 Å². The third kappa shape index (κ3) is 5.27. The number of hydrogen-bond donors (Lipinski definition) is 2. The molecule has 2 N–H and O–H groups in total. The second-order valence-electron chi connectivity index (χ2n) is 7.10. The van der Waals surface area contributed by atoms with Gasteiger partial charge in [-0.2, -0.15) is 0 Å². The topological polar surface area (TPSA) is 102 Å². The molecule has 0 aliphatic rings. The maximum absolute atomic E-state index is 13.0. The minimum Gasteiger partial charge on any atom is -0.465 e. The van der Waals surface area contributed by atoms with Gasteiger partial charge in [0.1, 0.15) is 0 Å². The summed E-state index contributed by atoms with van der Waals surface area (Å²) in [5.74, 6) is -1.16. The van der Waals surface area contributed by atoms with Crippen molar-refractivity contribution in [2.45, 2.75) is 18.7 Å². The van der Waals surface area contributed by atoms with Crippen molar-refractivity contribution in [3.63, 3.8) is 0 Å². The van der Waals surface area contributed by atoms with E-state index in [-0.39, 0.29) is 26.7 Å². The van der Waals surface area contributed by atoms with Crippen LogP contribution in [0.5, 0.6) is 0 Å². The highest BCUT2D eigenvalue weighted by Crippen LogP contribution is 2.26. The lowest BCUT2D eigenvalue weighted by atomic mass is 10.1. The molecule has 0 atom stereocenters. The van der Waals surface area contributed by atoms with Crippen LogP contribution in [-0.2, 0) is 14.8 Å². The fourth-order valence-corrected chi connectivity index (χ4v) is 4.50. The summed E-state index contributed by atoms with van der Waals surface area (Å²) in [4.78, 5) is 24.5. The van der Waals surface area contributed by atoms with E-state index in [0.29, 0.717) is 11.3 Å². The average molecular weight is 473 g/mol. The Labute approximate surface area is 191 Å². The first-order valence-corrected chi connectivity index (χ1v) is 11.4. The largest absolute Gasteiger partial charge is 0.465 e. The first-order chi connectivity index (χ1) is 15.1. The molecule has 0 saturated heterocycles. The zero-order valence-electron chi connectivity index (χ0n) is 17.6. The maximum Gasteiger partial charge on any atom is 0.337 e. The number of rotatable bonds is 6. The van der Waals surface area contributed by atoms with Crippen LogP contribution in [0.15, 0.2) is 65.6 Å². The minimum atomic E-state index is -3.94. The molecule has 0 spiro atoms. The van der Waals surface area contributed by atoms with Gasteiger partial charge in [0.15, 0.2) is 0 Å². The van der Waals surface area contributed by atoms with Gasteiger partial charge < -0.3 is 10.1 Å². The van der Waals surface area contributed by atoms with Gasteiger partial charge in [-0.05, 0) is 67.4 Å². The molecule has 0 aliphatic heterocycles. The van der Waals surface area contributed by atoms with Gasteiger partial charge in [-0.1, -0.05) is 29.8 Å². The summed E-state index contributed by atoms with van der Waals surface area (Å²) in [5.41, 5.74) is 2.32. The summed E-state index contributed by atoms with van der Waals surface area (Å²) in [6, 6.07) is 15.6. The number of carbonyl (C=O) groups is 2. The molecule has 3 aromatic carbocycles. The molecule has 0 saturated carbocycles. The Morgan fingerprint density at radius 3 is 2.34 bits per heavy atom. The Hall–Kier alpha value is -3.36. The average Bonchev–Trinajstić information content (AvgIpc) is 2.74. The number of carbonyl (C=O) groups excluding carboxylic acids is 2. The van der Waals surface area contributed by atoms with E-state index < -0.39 is 21.9 Å². The second-order valence-corrected chi connectivity index (χ2v) is 9.15. The SMILES string of the molecule is COC(=O)c1ccc(Cl)c(NC(=O)c2ccc(C)c(S(=O)(=O)Nc3cccc(C)c3)c2)c1. The third-order valence-electron chi connectivity index (χ3n) is 4.65. The van der Waals surface area contributed by atoms with Crippen LogP contribution in [0.3, 0.4) is 0 Å². The van der Waals surface area contributed by atoms with Crippen molar-refractivity contribution >= 4 is 44.9 Å². The Morgan fingerprint density at radius 1 is 0.938 bits per heavy atom. The fraction of sp³-hybridized carbons (Fsp3) is 0.130. The van der Waals surface area contributed by atoms with Crippen LogP contribution in [-0.4, -0.2) is 27.4 Å². The van der Waals surface area contributed by atoms with Crippen molar-refractivity contribution < 1.29 is 22.7 Å². The zero-order valence-corrected chi connectivity index (χ0v) is 19.2. The molecular weight excluding hydrogens is 452 g/mol. The summed E-state index contributed by atoms with van der Waals surface area (Å²) in [6.07, 6.45) is 0. The minimum absolute atomic E-state index is 0.0268. The van der Waals surface area contributed by atoms with E-state index in [1.165, 1.54) is 37.4 Å². The highest BCUT2D eigenvalue weighted by Gasteiger charge is 2.20. The number of aryl methyl sites for hydroxylation is 2. The normalized spacial score (nSPS) is 11.0. The van der Waals surface area contributed by atoms with Crippen LogP contribution < -0.4 is 10.0 Å². The van der Waals surface area contributed by atoms with Gasteiger partial charge in [-0.15, -0.1) is 0 Å². The molecule has 0 aliphatic carbocycles. The second kappa shape index (κ2) is 9.42. The van der Waals surface area contributed by atoms with E-state index in [2.05, 4.69) is 14.8 Å². The summed E-state index contributed by atoms with van der Waals surface area (Å²) >= 11 is 6.14. The smallest absolute Gasteiger partial charge is 0.337 e. The molecule has 7 nitrogen and oxygen atoms in total. The molecule has 1 amide bonds. The van der Waals surface area contributed by atoms with Crippen LogP contribution in [0.4, 0.5) is 11.4 Å². The molecule has 0 aromatic heterocycles. The molecule has 0 radical (unpaired) electrons. The predicted octanol–water partition coefficient (Wildman–Crippen LogP) is 4.80. The lowest BCUT2D eigenvalue weighted by Gasteiger charge is -2.13. The first-order valence-electron chi connectivity index (χ1n) is 9.50. The van der Waals surface area contributed by atoms with Gasteiger partial charge in [0.05, 0.1) is 28.3 Å². The number of esters is 1. The molecule has 0 bridgehead atoms. The number of anilines is 2. The Balaban J connectivity index is 1.90. The van der Waals surface area contributed by atoms with E-state index in [1.807, 2.05) is 13.0 Å². The summed E-state index contributed by atoms with van der Waals surface area (Å²) in [5, 5.41) is 2.82. The molecule has 9 heteroatoms. The number of methoxy groups -OCH3 is 1. The van der Waals surface area contributed by atoms with Crippen LogP contribution in [0.1, 0.15) is 31.8 Å². The number of ether oxygens (including phenoxy) is 1. The highest BCUT2D eigenvalue weighted by molar-refractivity contribution is 7.92. The number of amides is 1. The van der Waals surface area contributed by atoms with Crippen LogP contribution in [0, 0.1) is 13.8 Å². The molecule has 166 valence electrons. The monoisotopic (exact) mass is 472 g/mol. The fourth-order valence-electron chi connectivity index (χ4n) is 3.01. The summed E-state index contributed by atoms with van der Waals surface area (Å²) < 4.78 is 33.1. The maximum atomic E-state index is 13.0. The molecule has 32 heavy (non-hydrogen) atoms. The van der Waals surface area contributed by atoms with Crippen molar-refractivity contribution in [1.82, 2.24) is 0 Å². The first kappa shape index (κ1) is 23.3. The summed E-state index contributed by atoms with van der Waals surface area (Å²) in [6.45, 7) is 3.50. The number of benzene rings is 3.